The Morgan fingerprint density at radius 2 is 2.05 bits per heavy atom. The van der Waals surface area contributed by atoms with E-state index in [0.29, 0.717) is 6.54 Å². The number of fused-ring (bicyclic) bond motifs is 1. The van der Waals surface area contributed by atoms with Gasteiger partial charge in [-0.2, -0.15) is 13.2 Å². The van der Waals surface area contributed by atoms with Crippen LogP contribution in [-0.4, -0.2) is 30.2 Å². The summed E-state index contributed by atoms with van der Waals surface area (Å²) < 4.78 is 37.6. The van der Waals surface area contributed by atoms with Crippen molar-refractivity contribution in [3.05, 3.63) is 29.3 Å². The van der Waals surface area contributed by atoms with Gasteiger partial charge in [0.2, 0.25) is 0 Å². The molecule has 1 aliphatic rings. The van der Waals surface area contributed by atoms with Crippen LogP contribution >= 0.6 is 0 Å². The van der Waals surface area contributed by atoms with Gasteiger partial charge in [0.05, 0.1) is 6.54 Å². The molecular weight excluding hydrogens is 253 g/mol. The second-order valence-electron chi connectivity index (χ2n) is 5.28. The van der Waals surface area contributed by atoms with Crippen LogP contribution in [0.25, 0.3) is 0 Å². The summed E-state index contributed by atoms with van der Waals surface area (Å²) in [6, 6.07) is 5.75. The second-order valence-corrected chi connectivity index (χ2v) is 5.28. The summed E-state index contributed by atoms with van der Waals surface area (Å²) in [6.45, 7) is 3.97. The predicted molar refractivity (Wildman–Crippen MR) is 70.2 cm³/mol. The first-order chi connectivity index (χ1) is 8.85. The third-order valence-electron chi connectivity index (χ3n) is 3.38. The van der Waals surface area contributed by atoms with E-state index in [1.54, 1.807) is 13.8 Å². The van der Waals surface area contributed by atoms with Crippen molar-refractivity contribution < 1.29 is 13.2 Å². The zero-order valence-corrected chi connectivity index (χ0v) is 11.2. The maximum atomic E-state index is 12.5. The molecule has 5 heteroatoms. The van der Waals surface area contributed by atoms with Gasteiger partial charge in [-0.3, -0.25) is 4.90 Å². The van der Waals surface area contributed by atoms with Crippen molar-refractivity contribution in [1.82, 2.24) is 4.90 Å². The Morgan fingerprint density at radius 1 is 1.32 bits per heavy atom. The molecule has 0 fully saturated rings. The highest BCUT2D eigenvalue weighted by Crippen LogP contribution is 2.25. The Morgan fingerprint density at radius 3 is 2.68 bits per heavy atom. The maximum Gasteiger partial charge on any atom is 0.401 e. The molecule has 2 nitrogen and oxygen atoms in total. The molecule has 1 aromatic rings. The monoisotopic (exact) mass is 272 g/mol. The lowest BCUT2D eigenvalue weighted by atomic mass is 10.1. The van der Waals surface area contributed by atoms with Crippen LogP contribution in [0.1, 0.15) is 25.0 Å². The second kappa shape index (κ2) is 5.41. The Balaban J connectivity index is 2.09. The van der Waals surface area contributed by atoms with Gasteiger partial charge in [-0.1, -0.05) is 12.1 Å². The fraction of sp³-hybridized carbons (Fsp3) is 0.571. The van der Waals surface area contributed by atoms with Crippen LogP contribution in [0.5, 0.6) is 0 Å². The molecule has 0 aromatic heterocycles. The average Bonchev–Trinajstić information content (AvgIpc) is 2.73. The molecule has 0 unspecified atom stereocenters. The summed E-state index contributed by atoms with van der Waals surface area (Å²) in [5, 5.41) is 3.25. The molecule has 0 saturated carbocycles. The van der Waals surface area contributed by atoms with Crippen LogP contribution in [0.15, 0.2) is 18.2 Å². The summed E-state index contributed by atoms with van der Waals surface area (Å²) in [7, 11) is 0. The van der Waals surface area contributed by atoms with Crippen LogP contribution < -0.4 is 5.32 Å². The molecule has 0 bridgehead atoms. The molecule has 19 heavy (non-hydrogen) atoms. The lowest BCUT2D eigenvalue weighted by Gasteiger charge is -2.27. The molecule has 0 amide bonds. The van der Waals surface area contributed by atoms with Crippen LogP contribution in [-0.2, 0) is 13.0 Å². The van der Waals surface area contributed by atoms with E-state index in [0.717, 1.165) is 24.2 Å². The van der Waals surface area contributed by atoms with E-state index in [1.165, 1.54) is 10.5 Å². The Hall–Kier alpha value is -1.23. The third kappa shape index (κ3) is 3.86. The minimum absolute atomic E-state index is 0.131. The SMILES string of the molecule is CC(C)N(Cc1ccc2c(c1)CCN2)CC(F)(F)F. The molecule has 0 spiro atoms. The molecule has 0 aliphatic carbocycles. The fourth-order valence-electron chi connectivity index (χ4n) is 2.34. The molecule has 0 atom stereocenters. The predicted octanol–water partition coefficient (Wildman–Crippen LogP) is 3.43. The van der Waals surface area contributed by atoms with Gasteiger partial charge in [-0.05, 0) is 37.5 Å². The number of alkyl halides is 3. The van der Waals surface area contributed by atoms with Gasteiger partial charge < -0.3 is 5.32 Å². The third-order valence-corrected chi connectivity index (χ3v) is 3.38. The highest BCUT2D eigenvalue weighted by atomic mass is 19.4. The molecule has 1 heterocycles. The van der Waals surface area contributed by atoms with Crippen molar-refractivity contribution in [1.29, 1.82) is 0 Å². The van der Waals surface area contributed by atoms with E-state index in [2.05, 4.69) is 5.32 Å². The maximum absolute atomic E-state index is 12.5. The normalized spacial score (nSPS) is 14.9. The number of anilines is 1. The Labute approximate surface area is 111 Å². The Bertz CT molecular complexity index is 441. The number of nitrogens with zero attached hydrogens (tertiary/aromatic N) is 1. The first-order valence-corrected chi connectivity index (χ1v) is 6.51. The number of nitrogens with one attached hydrogen (secondary N) is 1. The summed E-state index contributed by atoms with van der Waals surface area (Å²) in [5.74, 6) is 0. The van der Waals surface area contributed by atoms with Gasteiger partial charge in [-0.25, -0.2) is 0 Å². The zero-order valence-electron chi connectivity index (χ0n) is 11.2. The molecule has 1 aromatic carbocycles. The van der Waals surface area contributed by atoms with E-state index in [-0.39, 0.29) is 6.04 Å². The van der Waals surface area contributed by atoms with Gasteiger partial charge in [0.15, 0.2) is 0 Å². The highest BCUT2D eigenvalue weighted by molar-refractivity contribution is 5.56. The van der Waals surface area contributed by atoms with Crippen LogP contribution in [0, 0.1) is 0 Å². The van der Waals surface area contributed by atoms with E-state index >= 15 is 0 Å². The van der Waals surface area contributed by atoms with E-state index in [1.807, 2.05) is 18.2 Å². The first kappa shape index (κ1) is 14.2. The van der Waals surface area contributed by atoms with E-state index in [9.17, 15) is 13.2 Å². The van der Waals surface area contributed by atoms with Crippen molar-refractivity contribution in [3.8, 4) is 0 Å². The van der Waals surface area contributed by atoms with Gasteiger partial charge in [0.25, 0.3) is 0 Å². The van der Waals surface area contributed by atoms with Gasteiger partial charge in [0, 0.05) is 24.8 Å². The van der Waals surface area contributed by atoms with Crippen molar-refractivity contribution in [2.24, 2.45) is 0 Å². The average molecular weight is 272 g/mol. The molecule has 0 radical (unpaired) electrons. The summed E-state index contributed by atoms with van der Waals surface area (Å²) in [5.41, 5.74) is 3.25. The van der Waals surface area contributed by atoms with Gasteiger partial charge in [-0.15, -0.1) is 0 Å². The lowest BCUT2D eigenvalue weighted by Crippen LogP contribution is -2.38. The van der Waals surface area contributed by atoms with Crippen LogP contribution in [0.4, 0.5) is 18.9 Å². The van der Waals surface area contributed by atoms with E-state index < -0.39 is 12.7 Å². The summed E-state index contributed by atoms with van der Waals surface area (Å²) in [4.78, 5) is 1.45. The molecule has 1 aliphatic heterocycles. The minimum atomic E-state index is -4.15. The van der Waals surface area contributed by atoms with Crippen LogP contribution in [0.2, 0.25) is 0 Å². The molecule has 0 saturated heterocycles. The highest BCUT2D eigenvalue weighted by Gasteiger charge is 2.31. The first-order valence-electron chi connectivity index (χ1n) is 6.51. The van der Waals surface area contributed by atoms with Crippen molar-refractivity contribution in [2.45, 2.75) is 39.0 Å². The van der Waals surface area contributed by atoms with Crippen LogP contribution in [0.3, 0.4) is 0 Å². The zero-order chi connectivity index (χ0) is 14.0. The number of hydrogen-bond acceptors (Lipinski definition) is 2. The molecular formula is C14H19F3N2. The molecule has 2 rings (SSSR count). The number of hydrogen-bond donors (Lipinski definition) is 1. The number of benzene rings is 1. The number of halogens is 3. The summed E-state index contributed by atoms with van der Waals surface area (Å²) in [6.07, 6.45) is -3.20. The van der Waals surface area contributed by atoms with E-state index in [4.69, 9.17) is 0 Å². The summed E-state index contributed by atoms with van der Waals surface area (Å²) >= 11 is 0. The van der Waals surface area contributed by atoms with Gasteiger partial charge >= 0.3 is 6.18 Å². The molecule has 106 valence electrons. The number of rotatable bonds is 4. The topological polar surface area (TPSA) is 15.3 Å². The van der Waals surface area contributed by atoms with Crippen molar-refractivity contribution in [2.75, 3.05) is 18.4 Å². The quantitative estimate of drug-likeness (QED) is 0.903. The largest absolute Gasteiger partial charge is 0.401 e. The standard InChI is InChI=1S/C14H19F3N2/c1-10(2)19(9-14(15,16)17)8-11-3-4-13-12(7-11)5-6-18-13/h3-4,7,10,18H,5-6,8-9H2,1-2H3. The van der Waals surface area contributed by atoms with Crippen molar-refractivity contribution in [3.63, 3.8) is 0 Å². The smallest absolute Gasteiger partial charge is 0.384 e. The van der Waals surface area contributed by atoms with Crippen molar-refractivity contribution >= 4 is 5.69 Å². The Kier molecular flexibility index (Phi) is 4.04. The molecule has 1 N–H and O–H groups in total. The van der Waals surface area contributed by atoms with Gasteiger partial charge in [0.1, 0.15) is 0 Å². The minimum Gasteiger partial charge on any atom is -0.384 e. The lowest BCUT2D eigenvalue weighted by molar-refractivity contribution is -0.150. The fourth-order valence-corrected chi connectivity index (χ4v) is 2.34.